The van der Waals surface area contributed by atoms with E-state index in [1.54, 1.807) is 12.1 Å². The van der Waals surface area contributed by atoms with Crippen LogP contribution >= 0.6 is 0 Å². The van der Waals surface area contributed by atoms with E-state index < -0.39 is 11.6 Å². The van der Waals surface area contributed by atoms with Gasteiger partial charge in [0.05, 0.1) is 5.56 Å². The van der Waals surface area contributed by atoms with Crippen LogP contribution in [0.15, 0.2) is 43.0 Å². The molecule has 0 N–H and O–H groups in total. The van der Waals surface area contributed by atoms with E-state index in [4.69, 9.17) is 4.74 Å². The van der Waals surface area contributed by atoms with Crippen LogP contribution in [-0.2, 0) is 0 Å². The lowest BCUT2D eigenvalue weighted by molar-refractivity contribution is 0.326. The van der Waals surface area contributed by atoms with Gasteiger partial charge >= 0.3 is 0 Å². The summed E-state index contributed by atoms with van der Waals surface area (Å²) in [7, 11) is 0. The topological polar surface area (TPSA) is 9.23 Å². The Morgan fingerprint density at radius 1 is 1.07 bits per heavy atom. The first-order valence-corrected chi connectivity index (χ1v) is 9.49. The maximum atomic E-state index is 14.5. The molecule has 2 aromatic rings. The summed E-state index contributed by atoms with van der Waals surface area (Å²) in [6.45, 7) is 5.46. The van der Waals surface area contributed by atoms with Crippen molar-refractivity contribution < 1.29 is 17.9 Å². The van der Waals surface area contributed by atoms with Gasteiger partial charge in [-0.2, -0.15) is 4.39 Å². The van der Waals surface area contributed by atoms with Crippen molar-refractivity contribution in [2.45, 2.75) is 38.5 Å². The van der Waals surface area contributed by atoms with Gasteiger partial charge in [0.1, 0.15) is 12.4 Å². The fourth-order valence-corrected chi connectivity index (χ4v) is 3.57. The first kappa shape index (κ1) is 20.1. The summed E-state index contributed by atoms with van der Waals surface area (Å²) >= 11 is 0. The van der Waals surface area contributed by atoms with E-state index in [1.165, 1.54) is 18.2 Å². The highest BCUT2D eigenvalue weighted by Gasteiger charge is 2.26. The Bertz CT molecular complexity index is 915. The van der Waals surface area contributed by atoms with Gasteiger partial charge < -0.3 is 4.74 Å². The van der Waals surface area contributed by atoms with Crippen LogP contribution in [0.4, 0.5) is 13.2 Å². The normalized spacial score (nSPS) is 18.9. The third-order valence-electron chi connectivity index (χ3n) is 5.14. The van der Waals surface area contributed by atoms with E-state index in [0.29, 0.717) is 11.1 Å². The number of rotatable bonds is 4. The number of hydrogen-bond donors (Lipinski definition) is 0. The molecule has 1 fully saturated rings. The van der Waals surface area contributed by atoms with Crippen molar-refractivity contribution in [3.8, 4) is 17.6 Å². The number of hydrogen-bond acceptors (Lipinski definition) is 1. The second kappa shape index (κ2) is 9.01. The molecule has 0 radical (unpaired) electrons. The molecule has 146 valence electrons. The monoisotopic (exact) mass is 384 g/mol. The Hall–Kier alpha value is -2.67. The average Bonchev–Trinajstić information content (AvgIpc) is 2.69. The van der Waals surface area contributed by atoms with Crippen molar-refractivity contribution in [2.24, 2.45) is 5.92 Å². The molecule has 0 unspecified atom stereocenters. The summed E-state index contributed by atoms with van der Waals surface area (Å²) in [5.74, 6) is 3.98. The molecule has 0 aliphatic heterocycles. The van der Waals surface area contributed by atoms with Crippen LogP contribution in [0.5, 0.6) is 5.75 Å². The fraction of sp³-hybridized carbons (Fsp3) is 0.333. The van der Waals surface area contributed by atoms with Gasteiger partial charge in [0.2, 0.25) is 5.82 Å². The van der Waals surface area contributed by atoms with E-state index in [9.17, 15) is 13.2 Å². The van der Waals surface area contributed by atoms with Crippen LogP contribution in [0.25, 0.3) is 0 Å². The van der Waals surface area contributed by atoms with Crippen LogP contribution in [0.1, 0.15) is 48.3 Å². The zero-order valence-corrected chi connectivity index (χ0v) is 15.9. The standard InChI is InChI=1S/C24H23F3O/c1-3-14-28-22-13-12-20(23(26)24(22)27)18-9-5-17(6-10-18)7-11-19-8-4-16(2)15-21(19)25/h3-4,8,12-13,15,17-18H,1,5-6,9-10,14H2,2H3. The zero-order chi connectivity index (χ0) is 20.1. The Balaban J connectivity index is 1.65. The summed E-state index contributed by atoms with van der Waals surface area (Å²) in [6.07, 6.45) is 4.48. The minimum atomic E-state index is -0.948. The number of benzene rings is 2. The zero-order valence-electron chi connectivity index (χ0n) is 15.9. The van der Waals surface area contributed by atoms with Gasteiger partial charge in [0.25, 0.3) is 0 Å². The van der Waals surface area contributed by atoms with Crippen molar-refractivity contribution >= 4 is 0 Å². The SMILES string of the molecule is C=CCOc1ccc(C2CCC(C#Cc3ccc(C)cc3F)CC2)c(F)c1F. The van der Waals surface area contributed by atoms with Crippen LogP contribution in [0.2, 0.25) is 0 Å². The van der Waals surface area contributed by atoms with E-state index in [2.05, 4.69) is 18.4 Å². The molecular formula is C24H23F3O. The maximum absolute atomic E-state index is 14.5. The molecule has 1 nitrogen and oxygen atoms in total. The van der Waals surface area contributed by atoms with Gasteiger partial charge in [0, 0.05) is 5.92 Å². The molecule has 28 heavy (non-hydrogen) atoms. The van der Waals surface area contributed by atoms with Gasteiger partial charge in [0.15, 0.2) is 11.6 Å². The number of halogens is 3. The Morgan fingerprint density at radius 2 is 1.82 bits per heavy atom. The highest BCUT2D eigenvalue weighted by Crippen LogP contribution is 2.38. The summed E-state index contributed by atoms with van der Waals surface area (Å²) < 4.78 is 47.7. The first-order valence-electron chi connectivity index (χ1n) is 9.49. The van der Waals surface area contributed by atoms with Gasteiger partial charge in [-0.15, -0.1) is 0 Å². The van der Waals surface area contributed by atoms with Gasteiger partial charge in [-0.3, -0.25) is 0 Å². The van der Waals surface area contributed by atoms with E-state index in [-0.39, 0.29) is 30.0 Å². The van der Waals surface area contributed by atoms with Crippen LogP contribution in [0.3, 0.4) is 0 Å². The van der Waals surface area contributed by atoms with Gasteiger partial charge in [-0.1, -0.05) is 36.6 Å². The van der Waals surface area contributed by atoms with E-state index in [0.717, 1.165) is 31.2 Å². The fourth-order valence-electron chi connectivity index (χ4n) is 3.57. The van der Waals surface area contributed by atoms with E-state index in [1.807, 2.05) is 13.0 Å². The molecule has 0 atom stereocenters. The third-order valence-corrected chi connectivity index (χ3v) is 5.14. The first-order chi connectivity index (χ1) is 13.5. The Morgan fingerprint density at radius 3 is 2.50 bits per heavy atom. The van der Waals surface area contributed by atoms with Crippen LogP contribution < -0.4 is 4.74 Å². The van der Waals surface area contributed by atoms with Crippen molar-refractivity contribution in [3.63, 3.8) is 0 Å². The largest absolute Gasteiger partial charge is 0.486 e. The molecule has 0 aromatic heterocycles. The molecular weight excluding hydrogens is 361 g/mol. The molecule has 0 amide bonds. The lowest BCUT2D eigenvalue weighted by Gasteiger charge is -2.26. The highest BCUT2D eigenvalue weighted by molar-refractivity contribution is 5.38. The quantitative estimate of drug-likeness (QED) is 0.444. The molecule has 1 aliphatic carbocycles. The summed E-state index contributed by atoms with van der Waals surface area (Å²) in [5, 5.41) is 0. The summed E-state index contributed by atoms with van der Waals surface area (Å²) in [6, 6.07) is 8.08. The molecule has 1 aliphatic rings. The van der Waals surface area contributed by atoms with Crippen molar-refractivity contribution in [3.05, 3.63) is 77.1 Å². The summed E-state index contributed by atoms with van der Waals surface area (Å²) in [4.78, 5) is 0. The lowest BCUT2D eigenvalue weighted by atomic mass is 9.78. The predicted molar refractivity (Wildman–Crippen MR) is 105 cm³/mol. The smallest absolute Gasteiger partial charge is 0.200 e. The Kier molecular flexibility index (Phi) is 6.46. The maximum Gasteiger partial charge on any atom is 0.200 e. The second-order valence-electron chi connectivity index (χ2n) is 7.18. The molecule has 0 saturated heterocycles. The number of ether oxygens (including phenoxy) is 1. The molecule has 1 saturated carbocycles. The molecule has 4 heteroatoms. The highest BCUT2D eigenvalue weighted by atomic mass is 19.2. The summed E-state index contributed by atoms with van der Waals surface area (Å²) in [5.41, 5.74) is 1.65. The average molecular weight is 384 g/mol. The minimum Gasteiger partial charge on any atom is -0.486 e. The minimum absolute atomic E-state index is 0.0443. The molecule has 3 rings (SSSR count). The van der Waals surface area contributed by atoms with Crippen LogP contribution in [-0.4, -0.2) is 6.61 Å². The molecule has 0 heterocycles. The van der Waals surface area contributed by atoms with Gasteiger partial charge in [-0.25, -0.2) is 8.78 Å². The Labute approximate surface area is 164 Å². The lowest BCUT2D eigenvalue weighted by Crippen LogP contribution is -2.14. The van der Waals surface area contributed by atoms with Gasteiger partial charge in [-0.05, 0) is 67.9 Å². The number of aryl methyl sites for hydroxylation is 1. The predicted octanol–water partition coefficient (Wildman–Crippen LogP) is 6.30. The van der Waals surface area contributed by atoms with Crippen molar-refractivity contribution in [2.75, 3.05) is 6.61 Å². The molecule has 2 aromatic carbocycles. The van der Waals surface area contributed by atoms with Crippen LogP contribution in [0, 0.1) is 42.1 Å². The molecule has 0 spiro atoms. The van der Waals surface area contributed by atoms with E-state index >= 15 is 0 Å². The molecule has 0 bridgehead atoms. The van der Waals surface area contributed by atoms with Crippen molar-refractivity contribution in [1.29, 1.82) is 0 Å². The van der Waals surface area contributed by atoms with Crippen molar-refractivity contribution in [1.82, 2.24) is 0 Å². The second-order valence-corrected chi connectivity index (χ2v) is 7.18. The third kappa shape index (κ3) is 4.59.